The summed E-state index contributed by atoms with van der Waals surface area (Å²) in [6.07, 6.45) is 3.67. The maximum Gasteiger partial charge on any atom is 0.229 e. The summed E-state index contributed by atoms with van der Waals surface area (Å²) >= 11 is 1.47. The number of rotatable bonds is 6. The first kappa shape index (κ1) is 20.1. The molecule has 1 unspecified atom stereocenters. The van der Waals surface area contributed by atoms with Gasteiger partial charge in [0.25, 0.3) is 0 Å². The molecule has 0 saturated carbocycles. The van der Waals surface area contributed by atoms with E-state index in [1.54, 1.807) is 23.4 Å². The van der Waals surface area contributed by atoms with Crippen LogP contribution in [0.1, 0.15) is 17.5 Å². The van der Waals surface area contributed by atoms with E-state index in [2.05, 4.69) is 15.3 Å². The van der Waals surface area contributed by atoms with Crippen LogP contribution >= 0.6 is 11.8 Å². The minimum absolute atomic E-state index is 0.0188. The van der Waals surface area contributed by atoms with Crippen molar-refractivity contribution in [2.45, 2.75) is 29.9 Å². The lowest BCUT2D eigenvalue weighted by Crippen LogP contribution is -2.28. The van der Waals surface area contributed by atoms with Gasteiger partial charge in [0.05, 0.1) is 5.92 Å². The Kier molecular flexibility index (Phi) is 6.09. The number of nitrogens with one attached hydrogen (secondary N) is 1. The van der Waals surface area contributed by atoms with Crippen molar-refractivity contribution in [3.8, 4) is 0 Å². The molecular weight excluding hydrogens is 396 g/mol. The van der Waals surface area contributed by atoms with Crippen LogP contribution in [0.2, 0.25) is 0 Å². The van der Waals surface area contributed by atoms with Crippen molar-refractivity contribution >= 4 is 29.3 Å². The molecule has 1 aliphatic rings. The van der Waals surface area contributed by atoms with E-state index in [1.807, 2.05) is 55.5 Å². The zero-order valence-corrected chi connectivity index (χ0v) is 17.4. The van der Waals surface area contributed by atoms with Gasteiger partial charge in [-0.05, 0) is 54.1 Å². The summed E-state index contributed by atoms with van der Waals surface area (Å²) in [5.41, 5.74) is 2.78. The summed E-state index contributed by atoms with van der Waals surface area (Å²) in [5.74, 6) is -0.438. The lowest BCUT2D eigenvalue weighted by Gasteiger charge is -2.17. The van der Waals surface area contributed by atoms with Crippen LogP contribution in [-0.2, 0) is 16.1 Å². The van der Waals surface area contributed by atoms with Gasteiger partial charge in [-0.2, -0.15) is 0 Å². The average molecular weight is 419 g/mol. The van der Waals surface area contributed by atoms with E-state index in [1.165, 1.54) is 11.8 Å². The number of anilines is 1. The van der Waals surface area contributed by atoms with Crippen LogP contribution in [0.5, 0.6) is 0 Å². The first-order chi connectivity index (χ1) is 14.6. The molecule has 0 spiro atoms. The fourth-order valence-corrected chi connectivity index (χ4v) is 4.23. The van der Waals surface area contributed by atoms with Gasteiger partial charge in [-0.25, -0.2) is 9.97 Å². The number of amides is 2. The SMILES string of the molecule is Cc1cc(Sc2ncccn2)ccc1NC(=O)C1CC(=O)N(Cc2ccccc2)C1. The molecule has 1 fully saturated rings. The Hall–Kier alpha value is -3.19. The number of aryl methyl sites for hydroxylation is 1. The van der Waals surface area contributed by atoms with Gasteiger partial charge in [-0.1, -0.05) is 30.3 Å². The van der Waals surface area contributed by atoms with Crippen molar-refractivity contribution < 1.29 is 9.59 Å². The summed E-state index contributed by atoms with van der Waals surface area (Å²) in [6.45, 7) is 2.93. The fraction of sp³-hybridized carbons (Fsp3) is 0.217. The summed E-state index contributed by atoms with van der Waals surface area (Å²) in [6, 6.07) is 17.4. The van der Waals surface area contributed by atoms with Crippen LogP contribution in [0.15, 0.2) is 77.0 Å². The van der Waals surface area contributed by atoms with Gasteiger partial charge in [0.2, 0.25) is 11.8 Å². The molecule has 152 valence electrons. The van der Waals surface area contributed by atoms with Gasteiger partial charge in [-0.15, -0.1) is 0 Å². The molecule has 30 heavy (non-hydrogen) atoms. The molecule has 0 bridgehead atoms. The quantitative estimate of drug-likeness (QED) is 0.614. The largest absolute Gasteiger partial charge is 0.338 e. The second-order valence-corrected chi connectivity index (χ2v) is 8.30. The Labute approximate surface area is 179 Å². The van der Waals surface area contributed by atoms with Gasteiger partial charge >= 0.3 is 0 Å². The van der Waals surface area contributed by atoms with Gasteiger partial charge < -0.3 is 10.2 Å². The van der Waals surface area contributed by atoms with E-state index in [4.69, 9.17) is 0 Å². The molecule has 2 amide bonds. The number of carbonyl (C=O) groups excluding carboxylic acids is 2. The van der Waals surface area contributed by atoms with Gasteiger partial charge in [-0.3, -0.25) is 9.59 Å². The highest BCUT2D eigenvalue weighted by molar-refractivity contribution is 7.99. The summed E-state index contributed by atoms with van der Waals surface area (Å²) in [4.78, 5) is 36.3. The number of likely N-dealkylation sites (tertiary alicyclic amines) is 1. The normalized spacial score (nSPS) is 16.0. The topological polar surface area (TPSA) is 75.2 Å². The molecule has 2 aromatic carbocycles. The lowest BCUT2D eigenvalue weighted by molar-refractivity contribution is -0.128. The number of carbonyl (C=O) groups is 2. The van der Waals surface area contributed by atoms with Crippen LogP contribution in [-0.4, -0.2) is 33.2 Å². The first-order valence-electron chi connectivity index (χ1n) is 9.76. The highest BCUT2D eigenvalue weighted by Gasteiger charge is 2.34. The van der Waals surface area contributed by atoms with Crippen LogP contribution < -0.4 is 5.32 Å². The zero-order chi connectivity index (χ0) is 20.9. The molecule has 1 N–H and O–H groups in total. The number of nitrogens with zero attached hydrogens (tertiary/aromatic N) is 3. The van der Waals surface area contributed by atoms with Crippen molar-refractivity contribution in [1.82, 2.24) is 14.9 Å². The number of hydrogen-bond donors (Lipinski definition) is 1. The molecule has 7 heteroatoms. The molecule has 1 aromatic heterocycles. The highest BCUT2D eigenvalue weighted by Crippen LogP contribution is 2.29. The first-order valence-corrected chi connectivity index (χ1v) is 10.6. The van der Waals surface area contributed by atoms with Crippen LogP contribution in [0.3, 0.4) is 0 Å². The molecule has 0 aliphatic carbocycles. The third-order valence-electron chi connectivity index (χ3n) is 5.01. The van der Waals surface area contributed by atoms with Crippen LogP contribution in [0.25, 0.3) is 0 Å². The number of benzene rings is 2. The molecule has 4 rings (SSSR count). The summed E-state index contributed by atoms with van der Waals surface area (Å²) in [7, 11) is 0. The molecule has 2 heterocycles. The van der Waals surface area contributed by atoms with Crippen molar-refractivity contribution in [3.05, 3.63) is 78.1 Å². The van der Waals surface area contributed by atoms with Gasteiger partial charge in [0.1, 0.15) is 0 Å². The predicted molar refractivity (Wildman–Crippen MR) is 116 cm³/mol. The van der Waals surface area contributed by atoms with Crippen molar-refractivity contribution in [3.63, 3.8) is 0 Å². The number of hydrogen-bond acceptors (Lipinski definition) is 5. The van der Waals surface area contributed by atoms with Crippen LogP contribution in [0, 0.1) is 12.8 Å². The standard InChI is InChI=1S/C23H22N4O2S/c1-16-12-19(30-23-24-10-5-11-25-23)8-9-20(16)26-22(29)18-13-21(28)27(15-18)14-17-6-3-2-4-7-17/h2-12,18H,13-15H2,1H3,(H,26,29). The highest BCUT2D eigenvalue weighted by atomic mass is 32.2. The van der Waals surface area contributed by atoms with Gasteiger partial charge in [0.15, 0.2) is 5.16 Å². The second kappa shape index (κ2) is 9.09. The van der Waals surface area contributed by atoms with E-state index >= 15 is 0 Å². The average Bonchev–Trinajstić information content (AvgIpc) is 3.12. The Morgan fingerprint density at radius 1 is 1.13 bits per heavy atom. The third kappa shape index (κ3) is 4.86. The van der Waals surface area contributed by atoms with E-state index in [9.17, 15) is 9.59 Å². The second-order valence-electron chi connectivity index (χ2n) is 7.26. The minimum Gasteiger partial charge on any atom is -0.338 e. The van der Waals surface area contributed by atoms with Crippen molar-refractivity contribution in [1.29, 1.82) is 0 Å². The van der Waals surface area contributed by atoms with Gasteiger partial charge in [0, 0.05) is 42.5 Å². The third-order valence-corrected chi connectivity index (χ3v) is 5.89. The fourth-order valence-electron chi connectivity index (χ4n) is 3.42. The van der Waals surface area contributed by atoms with Crippen LogP contribution in [0.4, 0.5) is 5.69 Å². The summed E-state index contributed by atoms with van der Waals surface area (Å²) < 4.78 is 0. The van der Waals surface area contributed by atoms with Crippen molar-refractivity contribution in [2.24, 2.45) is 5.92 Å². The van der Waals surface area contributed by atoms with E-state index in [-0.39, 0.29) is 24.2 Å². The van der Waals surface area contributed by atoms with E-state index in [0.717, 1.165) is 21.7 Å². The molecule has 3 aromatic rings. The monoisotopic (exact) mass is 418 g/mol. The summed E-state index contributed by atoms with van der Waals surface area (Å²) in [5, 5.41) is 3.67. The predicted octanol–water partition coefficient (Wildman–Crippen LogP) is 3.92. The minimum atomic E-state index is -0.340. The molecule has 1 aliphatic heterocycles. The molecule has 6 nitrogen and oxygen atoms in total. The maximum absolute atomic E-state index is 12.8. The Bertz CT molecular complexity index is 1040. The Balaban J connectivity index is 1.37. The zero-order valence-electron chi connectivity index (χ0n) is 16.6. The van der Waals surface area contributed by atoms with E-state index < -0.39 is 0 Å². The Morgan fingerprint density at radius 2 is 1.90 bits per heavy atom. The molecule has 0 radical (unpaired) electrons. The molecule has 1 atom stereocenters. The Morgan fingerprint density at radius 3 is 2.63 bits per heavy atom. The molecular formula is C23H22N4O2S. The van der Waals surface area contributed by atoms with E-state index in [0.29, 0.717) is 18.2 Å². The lowest BCUT2D eigenvalue weighted by atomic mass is 10.1. The maximum atomic E-state index is 12.8. The number of aromatic nitrogens is 2. The molecule has 1 saturated heterocycles. The van der Waals surface area contributed by atoms with Crippen molar-refractivity contribution in [2.75, 3.05) is 11.9 Å². The smallest absolute Gasteiger partial charge is 0.229 e.